The maximum absolute atomic E-state index is 11.3. The maximum atomic E-state index is 11.3. The van der Waals surface area contributed by atoms with Crippen molar-refractivity contribution in [3.05, 3.63) is 57.6 Å². The van der Waals surface area contributed by atoms with Gasteiger partial charge >= 0.3 is 0 Å². The first kappa shape index (κ1) is 33.2. The summed E-state index contributed by atoms with van der Waals surface area (Å²) in [5, 5.41) is 43.1. The molecule has 0 heterocycles. The van der Waals surface area contributed by atoms with Gasteiger partial charge in [-0.2, -0.15) is 0 Å². The molecule has 0 saturated heterocycles. The summed E-state index contributed by atoms with van der Waals surface area (Å²) in [5.74, 6) is 0.706. The zero-order chi connectivity index (χ0) is 30.4. The van der Waals surface area contributed by atoms with Crippen molar-refractivity contribution in [1.82, 2.24) is 0 Å². The molecule has 0 aliphatic heterocycles. The fourth-order valence-corrected chi connectivity index (χ4v) is 5.73. The molecule has 0 aliphatic carbocycles. The molecule has 4 N–H and O–H groups in total. The monoisotopic (exact) mass is 540 g/mol. The molecule has 2 aromatic carbocycles. The van der Waals surface area contributed by atoms with Gasteiger partial charge in [0.15, 0.2) is 6.29 Å². The zero-order valence-electron chi connectivity index (χ0n) is 27.0. The molecule has 0 unspecified atom stereocenters. The molecule has 39 heavy (non-hydrogen) atoms. The van der Waals surface area contributed by atoms with Crippen molar-refractivity contribution in [2.24, 2.45) is 5.41 Å². The summed E-state index contributed by atoms with van der Waals surface area (Å²) in [7, 11) is 0. The first-order valence-corrected chi connectivity index (χ1v) is 14.5. The second kappa shape index (κ2) is 11.1. The van der Waals surface area contributed by atoms with Gasteiger partial charge in [0.1, 0.15) is 11.5 Å². The topological polar surface area (TPSA) is 80.9 Å². The van der Waals surface area contributed by atoms with Crippen LogP contribution in [0.1, 0.15) is 136 Å². The third-order valence-electron chi connectivity index (χ3n) is 8.10. The van der Waals surface area contributed by atoms with Crippen LogP contribution in [0.15, 0.2) is 24.3 Å². The van der Waals surface area contributed by atoms with Gasteiger partial charge in [-0.05, 0) is 79.7 Å². The predicted molar refractivity (Wildman–Crippen MR) is 164 cm³/mol. The van der Waals surface area contributed by atoms with Crippen LogP contribution in [0.5, 0.6) is 11.5 Å². The molecule has 0 aromatic heterocycles. The van der Waals surface area contributed by atoms with Gasteiger partial charge < -0.3 is 20.4 Å². The Morgan fingerprint density at radius 1 is 0.538 bits per heavy atom. The number of hydrogen-bond donors (Lipinski definition) is 4. The van der Waals surface area contributed by atoms with E-state index < -0.39 is 11.7 Å². The van der Waals surface area contributed by atoms with Gasteiger partial charge in [0.2, 0.25) is 0 Å². The van der Waals surface area contributed by atoms with E-state index in [-0.39, 0.29) is 28.1 Å². The van der Waals surface area contributed by atoms with Crippen molar-refractivity contribution in [1.29, 1.82) is 0 Å². The lowest BCUT2D eigenvalue weighted by Crippen LogP contribution is -2.32. The number of aliphatic hydroxyl groups excluding tert-OH is 1. The fourth-order valence-electron chi connectivity index (χ4n) is 5.73. The third kappa shape index (κ3) is 8.01. The minimum Gasteiger partial charge on any atom is -0.507 e. The van der Waals surface area contributed by atoms with Crippen molar-refractivity contribution in [2.75, 3.05) is 0 Å². The van der Waals surface area contributed by atoms with Crippen LogP contribution >= 0.6 is 0 Å². The molecule has 4 nitrogen and oxygen atoms in total. The van der Waals surface area contributed by atoms with E-state index in [1.54, 1.807) is 0 Å². The number of phenolic OH excluding ortho intramolecular Hbond substituents is 2. The van der Waals surface area contributed by atoms with E-state index >= 15 is 0 Å². The van der Waals surface area contributed by atoms with Crippen LogP contribution in [0.25, 0.3) is 0 Å². The Morgan fingerprint density at radius 2 is 0.795 bits per heavy atom. The summed E-state index contributed by atoms with van der Waals surface area (Å²) in [6.07, 6.45) is 0.829. The summed E-state index contributed by atoms with van der Waals surface area (Å²) in [6.45, 7) is 27.5. The Kier molecular flexibility index (Phi) is 9.43. The molecular formula is C35H56O4. The molecule has 0 spiro atoms. The van der Waals surface area contributed by atoms with Gasteiger partial charge in [0, 0.05) is 6.42 Å². The molecular weight excluding hydrogens is 484 g/mol. The standard InChI is InChI=1S/C35H56O4/c1-14-35(21-28(36)37,19-22-15-24(31(2,3)4)29(38)25(16-22)32(5,6)7)20-23-17-26(33(8,9)10)30(39)27(18-23)34(11,12)13/h15-18,28,36-39H,14,19-21H2,1-13H3. The van der Waals surface area contributed by atoms with Crippen LogP contribution in [0, 0.1) is 5.41 Å². The van der Waals surface area contributed by atoms with Crippen LogP contribution < -0.4 is 0 Å². The SMILES string of the molecule is CCC(Cc1cc(C(C)(C)C)c(O)c(C(C)(C)C)c1)(Cc1cc(C(C)(C)C)c(O)c(C(C)(C)C)c1)CC(O)O. The Morgan fingerprint density at radius 3 is 0.974 bits per heavy atom. The molecule has 0 atom stereocenters. The molecule has 2 rings (SSSR count). The Hall–Kier alpha value is -2.04. The van der Waals surface area contributed by atoms with Gasteiger partial charge in [-0.1, -0.05) is 114 Å². The van der Waals surface area contributed by atoms with E-state index in [0.29, 0.717) is 24.3 Å². The lowest BCUT2D eigenvalue weighted by Gasteiger charge is -2.37. The van der Waals surface area contributed by atoms with E-state index in [1.807, 2.05) is 0 Å². The molecule has 0 bridgehead atoms. The van der Waals surface area contributed by atoms with Crippen LogP contribution in [-0.2, 0) is 34.5 Å². The van der Waals surface area contributed by atoms with E-state index in [0.717, 1.165) is 39.8 Å². The van der Waals surface area contributed by atoms with Gasteiger partial charge in [-0.3, -0.25) is 0 Å². The second-order valence-electron chi connectivity index (χ2n) is 16.0. The first-order valence-electron chi connectivity index (χ1n) is 14.5. The Labute approximate surface area is 238 Å². The molecule has 220 valence electrons. The second-order valence-corrected chi connectivity index (χ2v) is 16.0. The van der Waals surface area contributed by atoms with Crippen molar-refractivity contribution < 1.29 is 20.4 Å². The van der Waals surface area contributed by atoms with Crippen molar-refractivity contribution >= 4 is 0 Å². The molecule has 0 radical (unpaired) electrons. The number of hydrogen-bond acceptors (Lipinski definition) is 4. The van der Waals surface area contributed by atoms with Gasteiger partial charge in [-0.15, -0.1) is 0 Å². The third-order valence-corrected chi connectivity index (χ3v) is 8.10. The summed E-state index contributed by atoms with van der Waals surface area (Å²) in [4.78, 5) is 0. The highest BCUT2D eigenvalue weighted by atomic mass is 16.5. The lowest BCUT2D eigenvalue weighted by molar-refractivity contribution is -0.0740. The van der Waals surface area contributed by atoms with Crippen molar-refractivity contribution in [3.8, 4) is 11.5 Å². The maximum Gasteiger partial charge on any atom is 0.151 e. The number of benzene rings is 2. The average Bonchev–Trinajstić information content (AvgIpc) is 2.72. The summed E-state index contributed by atoms with van der Waals surface area (Å²) in [6, 6.07) is 8.43. The number of rotatable bonds is 7. The largest absolute Gasteiger partial charge is 0.507 e. The molecule has 0 amide bonds. The van der Waals surface area contributed by atoms with Crippen LogP contribution in [0.2, 0.25) is 0 Å². The van der Waals surface area contributed by atoms with E-state index in [4.69, 9.17) is 0 Å². The zero-order valence-corrected chi connectivity index (χ0v) is 27.0. The highest BCUT2D eigenvalue weighted by molar-refractivity contribution is 5.51. The van der Waals surface area contributed by atoms with E-state index in [2.05, 4.69) is 114 Å². The lowest BCUT2D eigenvalue weighted by atomic mass is 9.69. The van der Waals surface area contributed by atoms with E-state index in [9.17, 15) is 20.4 Å². The first-order chi connectivity index (χ1) is 17.4. The molecule has 0 aliphatic rings. The highest BCUT2D eigenvalue weighted by Crippen LogP contribution is 2.45. The quantitative estimate of drug-likeness (QED) is 0.267. The Bertz CT molecular complexity index is 992. The van der Waals surface area contributed by atoms with Crippen LogP contribution in [0.4, 0.5) is 0 Å². The predicted octanol–water partition coefficient (Wildman–Crippen LogP) is 8.17. The van der Waals surface area contributed by atoms with Gasteiger partial charge in [0.05, 0.1) is 0 Å². The number of aliphatic hydroxyl groups is 2. The summed E-state index contributed by atoms with van der Waals surface area (Å²) in [5.41, 5.74) is 4.42. The van der Waals surface area contributed by atoms with Gasteiger partial charge in [-0.25, -0.2) is 0 Å². The smallest absolute Gasteiger partial charge is 0.151 e. The molecule has 2 aromatic rings. The minimum absolute atomic E-state index is 0.233. The molecule has 0 fully saturated rings. The summed E-state index contributed by atoms with van der Waals surface area (Å²) < 4.78 is 0. The highest BCUT2D eigenvalue weighted by Gasteiger charge is 2.35. The average molecular weight is 541 g/mol. The van der Waals surface area contributed by atoms with Crippen LogP contribution in [-0.4, -0.2) is 26.7 Å². The minimum atomic E-state index is -1.44. The number of aromatic hydroxyl groups is 2. The van der Waals surface area contributed by atoms with Gasteiger partial charge in [0.25, 0.3) is 0 Å². The van der Waals surface area contributed by atoms with E-state index in [1.165, 1.54) is 0 Å². The van der Waals surface area contributed by atoms with Crippen molar-refractivity contribution in [2.45, 2.75) is 144 Å². The molecule has 0 saturated carbocycles. The molecule has 4 heteroatoms. The van der Waals surface area contributed by atoms with Crippen LogP contribution in [0.3, 0.4) is 0 Å². The fraction of sp³-hybridized carbons (Fsp3) is 0.657. The summed E-state index contributed by atoms with van der Waals surface area (Å²) >= 11 is 0. The van der Waals surface area contributed by atoms with Crippen molar-refractivity contribution in [3.63, 3.8) is 0 Å². The normalized spacial score (nSPS) is 13.8. The number of phenols is 2. The Balaban J connectivity index is 2.78.